The van der Waals surface area contributed by atoms with Crippen molar-refractivity contribution in [2.75, 3.05) is 21.3 Å². The van der Waals surface area contributed by atoms with Gasteiger partial charge in [0.1, 0.15) is 5.78 Å². The Balaban J connectivity index is 0.00000625. The third-order valence-electron chi connectivity index (χ3n) is 3.13. The van der Waals surface area contributed by atoms with Crippen LogP contribution in [-0.2, 0) is 14.3 Å². The summed E-state index contributed by atoms with van der Waals surface area (Å²) in [5.74, 6) is -0.537. The Labute approximate surface area is 162 Å². The molecule has 0 heterocycles. The van der Waals surface area contributed by atoms with Gasteiger partial charge in [-0.05, 0) is 23.8 Å². The van der Waals surface area contributed by atoms with Gasteiger partial charge in [0.25, 0.3) is 0 Å². The molecule has 10 heteroatoms. The smallest absolute Gasteiger partial charge is 0.508 e. The number of carbonyl (C=O) groups excluding carboxylic acids is 2. The Morgan fingerprint density at radius 2 is 1.73 bits per heavy atom. The van der Waals surface area contributed by atoms with E-state index in [4.69, 9.17) is 14.6 Å². The fourth-order valence-electron chi connectivity index (χ4n) is 1.87. The van der Waals surface area contributed by atoms with Crippen molar-refractivity contribution in [2.45, 2.75) is 19.3 Å². The molecule has 0 unspecified atom stereocenters. The number of carbonyl (C=O) groups is 3. The molecule has 1 aromatic carbocycles. The fraction of sp³-hybridized carbons (Fsp3) is 0.375. The summed E-state index contributed by atoms with van der Waals surface area (Å²) in [5, 5.41) is 12.4. The van der Waals surface area contributed by atoms with Crippen molar-refractivity contribution in [1.29, 1.82) is 0 Å². The minimum Gasteiger partial charge on any atom is -0.508 e. The first-order valence-electron chi connectivity index (χ1n) is 7.22. The van der Waals surface area contributed by atoms with Gasteiger partial charge in [0.2, 0.25) is 6.09 Å². The number of ketones is 1. The van der Waals surface area contributed by atoms with E-state index in [0.717, 1.165) is 7.11 Å². The first-order chi connectivity index (χ1) is 11.9. The molecular formula is C16H19LiN2O7. The average Bonchev–Trinajstić information content (AvgIpc) is 2.62. The quantitative estimate of drug-likeness (QED) is 0.354. The third kappa shape index (κ3) is 7.59. The van der Waals surface area contributed by atoms with E-state index in [0.29, 0.717) is 17.1 Å². The molecule has 136 valence electrons. The third-order valence-corrected chi connectivity index (χ3v) is 3.13. The second-order valence-electron chi connectivity index (χ2n) is 4.80. The molecule has 0 radical (unpaired) electrons. The molecule has 0 aromatic heterocycles. The molecule has 0 atom stereocenters. The summed E-state index contributed by atoms with van der Waals surface area (Å²) in [4.78, 5) is 33.7. The minimum absolute atomic E-state index is 0. The Hall–Kier alpha value is -2.50. The zero-order chi connectivity index (χ0) is 18.8. The van der Waals surface area contributed by atoms with E-state index in [1.165, 1.54) is 14.2 Å². The zero-order valence-electron chi connectivity index (χ0n) is 15.1. The van der Waals surface area contributed by atoms with Crippen LogP contribution in [0.3, 0.4) is 0 Å². The van der Waals surface area contributed by atoms with Crippen molar-refractivity contribution in [2.24, 2.45) is 5.10 Å². The summed E-state index contributed by atoms with van der Waals surface area (Å²) >= 11 is 0. The van der Waals surface area contributed by atoms with Gasteiger partial charge in [0.05, 0.1) is 27.8 Å². The van der Waals surface area contributed by atoms with Crippen LogP contribution >= 0.6 is 0 Å². The summed E-state index contributed by atoms with van der Waals surface area (Å²) in [6, 6.07) is 4.82. The summed E-state index contributed by atoms with van der Waals surface area (Å²) in [7, 11) is 4.08. The molecule has 0 bridgehead atoms. The van der Waals surface area contributed by atoms with Crippen molar-refractivity contribution in [3.8, 4) is 11.5 Å². The standard InChI is InChI=1S/C16H20N2O7.Li/c1-23-13-6-4-10(8-14(13)24-2)12(17-18-16(22)25-3)9-11(19)5-7-15(20)21;/h4,6,8H,5,7,9H2,1-3H3,(H2,18,20,21,22);/q;+1/p-1/b17-12+;. The first kappa shape index (κ1) is 23.5. The van der Waals surface area contributed by atoms with Crippen LogP contribution in [0.1, 0.15) is 24.8 Å². The van der Waals surface area contributed by atoms with Crippen molar-refractivity contribution in [3.05, 3.63) is 29.2 Å². The molecule has 0 spiro atoms. The fourth-order valence-corrected chi connectivity index (χ4v) is 1.87. The maximum absolute atomic E-state index is 12.0. The van der Waals surface area contributed by atoms with Crippen molar-refractivity contribution >= 4 is 23.6 Å². The normalized spacial score (nSPS) is 10.3. The predicted octanol–water partition coefficient (Wildman–Crippen LogP) is -0.624. The van der Waals surface area contributed by atoms with Crippen molar-refractivity contribution in [3.63, 3.8) is 0 Å². The van der Waals surface area contributed by atoms with Crippen LogP contribution in [0.15, 0.2) is 23.3 Å². The van der Waals surface area contributed by atoms with Gasteiger partial charge in [-0.3, -0.25) is 14.4 Å². The van der Waals surface area contributed by atoms with Gasteiger partial charge in [0.15, 0.2) is 11.5 Å². The van der Waals surface area contributed by atoms with Crippen molar-refractivity contribution in [1.82, 2.24) is 0 Å². The first-order valence-corrected chi connectivity index (χ1v) is 7.22. The molecule has 1 rings (SSSR count). The van der Waals surface area contributed by atoms with Crippen LogP contribution in [0.2, 0.25) is 0 Å². The number of nitrogens with zero attached hydrogens (tertiary/aromatic N) is 2. The average molecular weight is 358 g/mol. The molecule has 0 aliphatic rings. The largest absolute Gasteiger partial charge is 1.00 e. The van der Waals surface area contributed by atoms with Crippen LogP contribution in [0, 0.1) is 0 Å². The Morgan fingerprint density at radius 3 is 2.27 bits per heavy atom. The van der Waals surface area contributed by atoms with Gasteiger partial charge >= 0.3 is 24.8 Å². The second kappa shape index (κ2) is 11.9. The molecule has 9 nitrogen and oxygen atoms in total. The number of aliphatic carboxylic acids is 1. The van der Waals surface area contributed by atoms with E-state index in [9.17, 15) is 14.4 Å². The van der Waals surface area contributed by atoms with Gasteiger partial charge in [-0.15, -0.1) is 0 Å². The number of hydrogen-bond acceptors (Lipinski definition) is 7. The van der Waals surface area contributed by atoms with Gasteiger partial charge in [0, 0.05) is 18.6 Å². The molecule has 0 saturated carbocycles. The summed E-state index contributed by atoms with van der Waals surface area (Å²) in [5.41, 5.74) is 4.01. The summed E-state index contributed by atoms with van der Waals surface area (Å²) in [6.45, 7) is 0. The molecule has 1 N–H and O–H groups in total. The van der Waals surface area contributed by atoms with E-state index < -0.39 is 12.1 Å². The van der Waals surface area contributed by atoms with Gasteiger partial charge in [-0.1, -0.05) is 0 Å². The van der Waals surface area contributed by atoms with E-state index in [1.54, 1.807) is 18.2 Å². The minimum atomic E-state index is -1.07. The number of rotatable bonds is 9. The van der Waals surface area contributed by atoms with Crippen LogP contribution in [0.5, 0.6) is 11.5 Å². The van der Waals surface area contributed by atoms with Gasteiger partial charge < -0.3 is 29.8 Å². The Kier molecular flexibility index (Phi) is 10.8. The van der Waals surface area contributed by atoms with Crippen LogP contribution < -0.4 is 28.3 Å². The molecule has 0 saturated heterocycles. The molecule has 0 aliphatic heterocycles. The molecule has 1 amide bonds. The summed E-state index contributed by atoms with van der Waals surface area (Å²) in [6.07, 6.45) is -1.55. The number of hydrogen-bond donors (Lipinski definition) is 1. The van der Waals surface area contributed by atoms with Gasteiger partial charge in [-0.25, -0.2) is 0 Å². The number of benzene rings is 1. The van der Waals surface area contributed by atoms with Crippen LogP contribution in [0.25, 0.3) is 5.43 Å². The zero-order valence-corrected chi connectivity index (χ0v) is 15.1. The van der Waals surface area contributed by atoms with Crippen molar-refractivity contribution < 1.29 is 52.6 Å². The molecule has 1 aromatic rings. The maximum atomic E-state index is 12.0. The van der Waals surface area contributed by atoms with Crippen LogP contribution in [0.4, 0.5) is 4.79 Å². The maximum Gasteiger partial charge on any atom is 1.00 e. The number of methoxy groups -OCH3 is 3. The van der Waals surface area contributed by atoms with E-state index in [1.807, 2.05) is 0 Å². The number of ether oxygens (including phenoxy) is 3. The van der Waals surface area contributed by atoms with E-state index >= 15 is 0 Å². The monoisotopic (exact) mass is 358 g/mol. The number of carboxylic acid groups (broad SMARTS) is 1. The molecular weight excluding hydrogens is 339 g/mol. The van der Waals surface area contributed by atoms with E-state index in [2.05, 4.69) is 15.3 Å². The topological polar surface area (TPSA) is 126 Å². The van der Waals surface area contributed by atoms with Crippen LogP contribution in [-0.4, -0.2) is 50.0 Å². The number of amides is 1. The van der Waals surface area contributed by atoms with Gasteiger partial charge in [-0.2, -0.15) is 0 Å². The number of carboxylic acids is 1. The van der Waals surface area contributed by atoms with E-state index in [-0.39, 0.29) is 49.6 Å². The SMILES string of the molecule is COC(=O)[N-]/N=C(\CC(=O)CCC(=O)O)c1ccc(OC)c(OC)c1.[Li+]. The Bertz CT molecular complexity index is 677. The Morgan fingerprint density at radius 1 is 1.08 bits per heavy atom. The molecule has 0 aliphatic carbocycles. The summed E-state index contributed by atoms with van der Waals surface area (Å²) < 4.78 is 14.7. The molecule has 26 heavy (non-hydrogen) atoms. The number of Topliss-reactive ketones (excluding diaryl/α,β-unsaturated/α-hetero) is 1. The molecule has 0 fully saturated rings. The predicted molar refractivity (Wildman–Crippen MR) is 88.3 cm³/mol. The second-order valence-corrected chi connectivity index (χ2v) is 4.80.